The first-order chi connectivity index (χ1) is 13.0. The van der Waals surface area contributed by atoms with Crippen LogP contribution in [-0.2, 0) is 6.42 Å². The third-order valence-electron chi connectivity index (χ3n) is 4.38. The van der Waals surface area contributed by atoms with E-state index in [4.69, 9.17) is 16.2 Å². The zero-order chi connectivity index (χ0) is 19.4. The molecule has 1 heterocycles. The summed E-state index contributed by atoms with van der Waals surface area (Å²) >= 11 is 0. The minimum Gasteiger partial charge on any atom is -0.507 e. The Hall–Kier alpha value is -3.27. The van der Waals surface area contributed by atoms with Gasteiger partial charge in [-0.3, -0.25) is 0 Å². The third kappa shape index (κ3) is 4.34. The maximum Gasteiger partial charge on any atom is 0.142 e. The van der Waals surface area contributed by atoms with Gasteiger partial charge >= 0.3 is 0 Å². The minimum atomic E-state index is -0.456. The predicted octanol–water partition coefficient (Wildman–Crippen LogP) is 3.58. The molecule has 0 bridgehead atoms. The van der Waals surface area contributed by atoms with Crippen LogP contribution in [-0.4, -0.2) is 17.2 Å². The SMILES string of the molecule is COc1ccc(C[C@H](N)c2cc(-c3ccccc3O)nc(N)c2C#N)cc1.Cl. The Labute approximate surface area is 169 Å². The zero-order valence-corrected chi connectivity index (χ0v) is 16.1. The van der Waals surface area contributed by atoms with Gasteiger partial charge in [-0.1, -0.05) is 24.3 Å². The largest absolute Gasteiger partial charge is 0.507 e. The van der Waals surface area contributed by atoms with Crippen molar-refractivity contribution in [1.29, 1.82) is 5.26 Å². The molecule has 3 aromatic rings. The summed E-state index contributed by atoms with van der Waals surface area (Å²) in [6, 6.07) is 17.8. The Morgan fingerprint density at radius 1 is 1.18 bits per heavy atom. The van der Waals surface area contributed by atoms with Gasteiger partial charge in [0, 0.05) is 11.6 Å². The molecule has 1 aromatic heterocycles. The molecule has 2 aromatic carbocycles. The molecule has 28 heavy (non-hydrogen) atoms. The van der Waals surface area contributed by atoms with E-state index < -0.39 is 6.04 Å². The highest BCUT2D eigenvalue weighted by Gasteiger charge is 2.18. The molecular formula is C21H21ClN4O2. The number of anilines is 1. The number of aromatic hydroxyl groups is 1. The second-order valence-electron chi connectivity index (χ2n) is 6.14. The van der Waals surface area contributed by atoms with Crippen LogP contribution in [0.2, 0.25) is 0 Å². The molecule has 0 aliphatic rings. The van der Waals surface area contributed by atoms with Crippen molar-refractivity contribution >= 4 is 18.2 Å². The Morgan fingerprint density at radius 2 is 1.86 bits per heavy atom. The molecule has 0 aliphatic carbocycles. The number of methoxy groups -OCH3 is 1. The maximum absolute atomic E-state index is 10.1. The lowest BCUT2D eigenvalue weighted by molar-refractivity contribution is 0.414. The van der Waals surface area contributed by atoms with Gasteiger partial charge in [-0.15, -0.1) is 12.4 Å². The summed E-state index contributed by atoms with van der Waals surface area (Å²) in [7, 11) is 1.61. The number of nitrogen functional groups attached to an aromatic ring is 1. The van der Waals surface area contributed by atoms with E-state index in [0.717, 1.165) is 11.3 Å². The van der Waals surface area contributed by atoms with E-state index in [0.29, 0.717) is 23.2 Å². The molecule has 3 rings (SSSR count). The highest BCUT2D eigenvalue weighted by Crippen LogP contribution is 2.32. The number of para-hydroxylation sites is 1. The van der Waals surface area contributed by atoms with E-state index in [2.05, 4.69) is 11.1 Å². The topological polar surface area (TPSA) is 118 Å². The van der Waals surface area contributed by atoms with Crippen molar-refractivity contribution in [2.75, 3.05) is 12.8 Å². The molecule has 144 valence electrons. The Balaban J connectivity index is 0.00000280. The molecule has 0 saturated heterocycles. The number of pyridine rings is 1. The fourth-order valence-electron chi connectivity index (χ4n) is 2.95. The molecule has 0 saturated carbocycles. The Bertz CT molecular complexity index is 1000. The lowest BCUT2D eigenvalue weighted by atomic mass is 9.94. The van der Waals surface area contributed by atoms with E-state index >= 15 is 0 Å². The fourth-order valence-corrected chi connectivity index (χ4v) is 2.95. The number of halogens is 1. The lowest BCUT2D eigenvalue weighted by Crippen LogP contribution is -2.16. The number of nitrogens with two attached hydrogens (primary N) is 2. The van der Waals surface area contributed by atoms with Crippen LogP contribution in [0.4, 0.5) is 5.82 Å². The van der Waals surface area contributed by atoms with Crippen molar-refractivity contribution in [2.45, 2.75) is 12.5 Å². The van der Waals surface area contributed by atoms with Crippen LogP contribution < -0.4 is 16.2 Å². The van der Waals surface area contributed by atoms with E-state index in [9.17, 15) is 10.4 Å². The summed E-state index contributed by atoms with van der Waals surface area (Å²) in [6.45, 7) is 0. The van der Waals surface area contributed by atoms with E-state index in [1.165, 1.54) is 0 Å². The maximum atomic E-state index is 10.1. The third-order valence-corrected chi connectivity index (χ3v) is 4.38. The van der Waals surface area contributed by atoms with Gasteiger partial charge in [0.15, 0.2) is 0 Å². The van der Waals surface area contributed by atoms with Gasteiger partial charge in [-0.2, -0.15) is 5.26 Å². The molecule has 1 atom stereocenters. The number of phenols is 1. The second-order valence-corrected chi connectivity index (χ2v) is 6.14. The minimum absolute atomic E-state index is 0. The number of benzene rings is 2. The molecule has 0 aliphatic heterocycles. The van der Waals surface area contributed by atoms with Crippen molar-refractivity contribution < 1.29 is 9.84 Å². The van der Waals surface area contributed by atoms with Gasteiger partial charge in [-0.05, 0) is 47.9 Å². The van der Waals surface area contributed by atoms with Crippen molar-refractivity contribution in [3.05, 3.63) is 71.3 Å². The molecule has 6 nitrogen and oxygen atoms in total. The summed E-state index contributed by atoms with van der Waals surface area (Å²) in [5.74, 6) is 0.947. The molecule has 0 amide bonds. The second kappa shape index (κ2) is 9.09. The van der Waals surface area contributed by atoms with Crippen LogP contribution in [0, 0.1) is 11.3 Å². The molecule has 7 heteroatoms. The first-order valence-corrected chi connectivity index (χ1v) is 8.41. The van der Waals surface area contributed by atoms with Crippen LogP contribution in [0.1, 0.15) is 22.7 Å². The average molecular weight is 397 g/mol. The molecule has 0 unspecified atom stereocenters. The van der Waals surface area contributed by atoms with Crippen LogP contribution >= 0.6 is 12.4 Å². The van der Waals surface area contributed by atoms with Crippen LogP contribution in [0.25, 0.3) is 11.3 Å². The number of aromatic nitrogens is 1. The lowest BCUT2D eigenvalue weighted by Gasteiger charge is -2.17. The van der Waals surface area contributed by atoms with Crippen molar-refractivity contribution in [3.8, 4) is 28.8 Å². The first-order valence-electron chi connectivity index (χ1n) is 8.41. The van der Waals surface area contributed by atoms with Crippen LogP contribution in [0.3, 0.4) is 0 Å². The summed E-state index contributed by atoms with van der Waals surface area (Å²) < 4.78 is 5.16. The van der Waals surface area contributed by atoms with Gasteiger partial charge < -0.3 is 21.3 Å². The van der Waals surface area contributed by atoms with Crippen LogP contribution in [0.15, 0.2) is 54.6 Å². The fraction of sp³-hybridized carbons (Fsp3) is 0.143. The Morgan fingerprint density at radius 3 is 2.46 bits per heavy atom. The summed E-state index contributed by atoms with van der Waals surface area (Å²) in [5, 5.41) is 19.6. The van der Waals surface area contributed by atoms with Gasteiger partial charge in [0.2, 0.25) is 0 Å². The number of ether oxygens (including phenoxy) is 1. The highest BCUT2D eigenvalue weighted by atomic mass is 35.5. The first kappa shape index (κ1) is 21.0. The number of phenolic OH excluding ortho intramolecular Hbond substituents is 1. The van der Waals surface area contributed by atoms with Gasteiger partial charge in [0.05, 0.1) is 18.4 Å². The van der Waals surface area contributed by atoms with Crippen molar-refractivity contribution in [2.24, 2.45) is 5.73 Å². The number of rotatable bonds is 5. The van der Waals surface area contributed by atoms with Crippen molar-refractivity contribution in [1.82, 2.24) is 4.98 Å². The molecule has 0 spiro atoms. The van der Waals surface area contributed by atoms with E-state index in [-0.39, 0.29) is 29.5 Å². The normalized spacial score (nSPS) is 11.2. The number of hydrogen-bond donors (Lipinski definition) is 3. The van der Waals surface area contributed by atoms with Crippen molar-refractivity contribution in [3.63, 3.8) is 0 Å². The van der Waals surface area contributed by atoms with E-state index in [1.54, 1.807) is 37.4 Å². The quantitative estimate of drug-likeness (QED) is 0.606. The van der Waals surface area contributed by atoms with Gasteiger partial charge in [0.25, 0.3) is 0 Å². The molecule has 5 N–H and O–H groups in total. The highest BCUT2D eigenvalue weighted by molar-refractivity contribution is 5.85. The zero-order valence-electron chi connectivity index (χ0n) is 15.3. The summed E-state index contributed by atoms with van der Waals surface area (Å²) in [4.78, 5) is 4.27. The summed E-state index contributed by atoms with van der Waals surface area (Å²) in [6.07, 6.45) is 0.516. The molecular weight excluding hydrogens is 376 g/mol. The summed E-state index contributed by atoms with van der Waals surface area (Å²) in [5.41, 5.74) is 15.3. The van der Waals surface area contributed by atoms with Gasteiger partial charge in [0.1, 0.15) is 23.4 Å². The smallest absolute Gasteiger partial charge is 0.142 e. The van der Waals surface area contributed by atoms with Gasteiger partial charge in [-0.25, -0.2) is 4.98 Å². The van der Waals surface area contributed by atoms with E-state index in [1.807, 2.05) is 24.3 Å². The average Bonchev–Trinajstić information content (AvgIpc) is 2.68. The predicted molar refractivity (Wildman–Crippen MR) is 111 cm³/mol. The number of nitriles is 1. The molecule has 0 fully saturated rings. The number of hydrogen-bond acceptors (Lipinski definition) is 6. The Kier molecular flexibility index (Phi) is 6.83. The number of nitrogens with zero attached hydrogens (tertiary/aromatic N) is 2. The van der Waals surface area contributed by atoms with Crippen LogP contribution in [0.5, 0.6) is 11.5 Å². The monoisotopic (exact) mass is 396 g/mol. The molecule has 0 radical (unpaired) electrons. The standard InChI is InChI=1S/C21H20N4O2.ClH/c1-27-14-8-6-13(7-9-14)10-18(23)16-11-19(25-21(24)17(16)12-22)15-4-2-3-5-20(15)26;/h2-9,11,18,26H,10,23H2,1H3,(H2,24,25);1H/t18-;/m0./s1.